The van der Waals surface area contributed by atoms with Gasteiger partial charge in [0.25, 0.3) is 5.09 Å². The standard InChI is InChI=1S/C14H17NO7/c1-9-13(22-15(17)18)11(8-12(19-2)20-9)21-14(16)10-6-4-3-5-7-10/h3-7,9,11-13H,8H2,1-2H3/t9-,11-,12+,13-/m1/s1. The number of hydrogen-bond donors (Lipinski definition) is 0. The third-order valence-corrected chi connectivity index (χ3v) is 3.36. The molecule has 4 atom stereocenters. The zero-order valence-electron chi connectivity index (χ0n) is 12.2. The van der Waals surface area contributed by atoms with Gasteiger partial charge in [-0.2, -0.15) is 0 Å². The van der Waals surface area contributed by atoms with Crippen molar-refractivity contribution >= 4 is 5.97 Å². The van der Waals surface area contributed by atoms with Crippen LogP contribution in [-0.4, -0.2) is 42.8 Å². The molecule has 22 heavy (non-hydrogen) atoms. The number of hydrogen-bond acceptors (Lipinski definition) is 7. The molecule has 1 heterocycles. The largest absolute Gasteiger partial charge is 0.456 e. The molecule has 1 aliphatic rings. The third kappa shape index (κ3) is 3.92. The first-order chi connectivity index (χ1) is 10.5. The van der Waals surface area contributed by atoms with Crippen molar-refractivity contribution in [2.24, 2.45) is 0 Å². The molecule has 1 aromatic rings. The van der Waals surface area contributed by atoms with Crippen LogP contribution in [-0.2, 0) is 19.0 Å². The maximum atomic E-state index is 12.1. The van der Waals surface area contributed by atoms with Gasteiger partial charge in [-0.15, -0.1) is 10.1 Å². The second kappa shape index (κ2) is 7.19. The van der Waals surface area contributed by atoms with Gasteiger partial charge in [-0.25, -0.2) is 4.79 Å². The average molecular weight is 311 g/mol. The van der Waals surface area contributed by atoms with E-state index in [0.717, 1.165) is 0 Å². The van der Waals surface area contributed by atoms with E-state index in [1.807, 2.05) is 0 Å². The van der Waals surface area contributed by atoms with E-state index in [4.69, 9.17) is 14.2 Å². The second-order valence-corrected chi connectivity index (χ2v) is 4.85. The molecule has 0 unspecified atom stereocenters. The van der Waals surface area contributed by atoms with Gasteiger partial charge in [-0.05, 0) is 19.1 Å². The smallest absolute Gasteiger partial charge is 0.338 e. The molecule has 0 saturated carbocycles. The molecule has 2 rings (SSSR count). The highest BCUT2D eigenvalue weighted by Crippen LogP contribution is 2.26. The highest BCUT2D eigenvalue weighted by Gasteiger charge is 2.41. The number of carbonyl (C=O) groups is 1. The van der Waals surface area contributed by atoms with Crippen molar-refractivity contribution in [2.45, 2.75) is 37.9 Å². The Hall–Kier alpha value is -2.19. The quantitative estimate of drug-likeness (QED) is 0.462. The van der Waals surface area contributed by atoms with Gasteiger partial charge in [0.2, 0.25) is 0 Å². The first kappa shape index (κ1) is 16.2. The maximum Gasteiger partial charge on any atom is 0.338 e. The van der Waals surface area contributed by atoms with Crippen LogP contribution in [0.5, 0.6) is 0 Å². The Morgan fingerprint density at radius 2 is 2.05 bits per heavy atom. The van der Waals surface area contributed by atoms with Crippen molar-refractivity contribution in [2.75, 3.05) is 7.11 Å². The Morgan fingerprint density at radius 3 is 2.64 bits per heavy atom. The van der Waals surface area contributed by atoms with Gasteiger partial charge < -0.3 is 19.0 Å². The lowest BCUT2D eigenvalue weighted by molar-refractivity contribution is -0.773. The van der Waals surface area contributed by atoms with Crippen molar-refractivity contribution in [3.05, 3.63) is 46.0 Å². The van der Waals surface area contributed by atoms with Crippen molar-refractivity contribution < 1.29 is 28.9 Å². The summed E-state index contributed by atoms with van der Waals surface area (Å²) in [5, 5.41) is 9.71. The van der Waals surface area contributed by atoms with Crippen LogP contribution in [0.15, 0.2) is 30.3 Å². The summed E-state index contributed by atoms with van der Waals surface area (Å²) < 4.78 is 15.9. The van der Waals surface area contributed by atoms with Crippen LogP contribution in [0.2, 0.25) is 0 Å². The molecule has 8 nitrogen and oxygen atoms in total. The molecule has 0 spiro atoms. The minimum absolute atomic E-state index is 0.151. The van der Waals surface area contributed by atoms with E-state index in [9.17, 15) is 14.9 Å². The molecular formula is C14H17NO7. The van der Waals surface area contributed by atoms with Crippen LogP contribution >= 0.6 is 0 Å². The van der Waals surface area contributed by atoms with Crippen LogP contribution in [0, 0.1) is 10.1 Å². The molecule has 8 heteroatoms. The molecule has 1 aromatic carbocycles. The van der Waals surface area contributed by atoms with E-state index >= 15 is 0 Å². The first-order valence-corrected chi connectivity index (χ1v) is 6.76. The highest BCUT2D eigenvalue weighted by molar-refractivity contribution is 5.89. The van der Waals surface area contributed by atoms with E-state index in [1.165, 1.54) is 7.11 Å². The summed E-state index contributed by atoms with van der Waals surface area (Å²) in [7, 11) is 1.45. The summed E-state index contributed by atoms with van der Waals surface area (Å²) in [6.45, 7) is 1.60. The molecule has 1 fully saturated rings. The lowest BCUT2D eigenvalue weighted by Gasteiger charge is -2.37. The summed E-state index contributed by atoms with van der Waals surface area (Å²) in [6.07, 6.45) is -2.97. The Morgan fingerprint density at radius 1 is 1.36 bits per heavy atom. The van der Waals surface area contributed by atoms with E-state index in [-0.39, 0.29) is 6.42 Å². The summed E-state index contributed by atoms with van der Waals surface area (Å²) in [5.41, 5.74) is 0.357. The van der Waals surface area contributed by atoms with E-state index in [2.05, 4.69) is 4.84 Å². The molecule has 0 aliphatic carbocycles. The van der Waals surface area contributed by atoms with Gasteiger partial charge in [0.05, 0.1) is 11.7 Å². The topological polar surface area (TPSA) is 97.1 Å². The highest BCUT2D eigenvalue weighted by atomic mass is 17.0. The van der Waals surface area contributed by atoms with Crippen LogP contribution in [0.25, 0.3) is 0 Å². The lowest BCUT2D eigenvalue weighted by atomic mass is 10.0. The van der Waals surface area contributed by atoms with Crippen molar-refractivity contribution in [1.82, 2.24) is 0 Å². The number of methoxy groups -OCH3 is 1. The second-order valence-electron chi connectivity index (χ2n) is 4.85. The van der Waals surface area contributed by atoms with Crippen molar-refractivity contribution in [3.63, 3.8) is 0 Å². The average Bonchev–Trinajstić information content (AvgIpc) is 2.50. The molecule has 0 N–H and O–H groups in total. The van der Waals surface area contributed by atoms with Gasteiger partial charge in [-0.1, -0.05) is 18.2 Å². The number of esters is 1. The monoisotopic (exact) mass is 311 g/mol. The summed E-state index contributed by atoms with van der Waals surface area (Å²) in [5.74, 6) is -0.577. The van der Waals surface area contributed by atoms with Gasteiger partial charge in [-0.3, -0.25) is 0 Å². The molecule has 1 saturated heterocycles. The SMILES string of the molecule is CO[C@@H]1C[C@@H](OC(=O)c2ccccc2)[C@H](O[N+](=O)[O-])[C@@H](C)O1. The zero-order chi connectivity index (χ0) is 16.1. The Kier molecular flexibility index (Phi) is 5.29. The summed E-state index contributed by atoms with van der Waals surface area (Å²) in [4.78, 5) is 27.3. The predicted molar refractivity (Wildman–Crippen MR) is 73.5 cm³/mol. The lowest BCUT2D eigenvalue weighted by Crippen LogP contribution is -2.51. The zero-order valence-corrected chi connectivity index (χ0v) is 12.2. The van der Waals surface area contributed by atoms with E-state index < -0.39 is 35.7 Å². The number of ether oxygens (including phenoxy) is 3. The van der Waals surface area contributed by atoms with Crippen molar-refractivity contribution in [1.29, 1.82) is 0 Å². The molecule has 1 aliphatic heterocycles. The number of carbonyl (C=O) groups excluding carboxylic acids is 1. The first-order valence-electron chi connectivity index (χ1n) is 6.76. The Bertz CT molecular complexity index is 521. The van der Waals surface area contributed by atoms with Gasteiger partial charge in [0.15, 0.2) is 12.4 Å². The van der Waals surface area contributed by atoms with Crippen LogP contribution in [0.3, 0.4) is 0 Å². The minimum atomic E-state index is -1.01. The van der Waals surface area contributed by atoms with Gasteiger partial charge in [0, 0.05) is 13.5 Å². The normalized spacial score (nSPS) is 27.9. The van der Waals surface area contributed by atoms with E-state index in [1.54, 1.807) is 37.3 Å². The fourth-order valence-electron chi connectivity index (χ4n) is 2.30. The maximum absolute atomic E-state index is 12.1. The Labute approximate surface area is 127 Å². The number of rotatable bonds is 5. The predicted octanol–water partition coefficient (Wildman–Crippen LogP) is 1.57. The number of nitrogens with zero attached hydrogens (tertiary/aromatic N) is 1. The fourth-order valence-corrected chi connectivity index (χ4v) is 2.30. The van der Waals surface area contributed by atoms with Crippen LogP contribution in [0.4, 0.5) is 0 Å². The van der Waals surface area contributed by atoms with Crippen molar-refractivity contribution in [3.8, 4) is 0 Å². The molecular weight excluding hydrogens is 294 g/mol. The molecule has 0 amide bonds. The number of benzene rings is 1. The van der Waals surface area contributed by atoms with Crippen LogP contribution < -0.4 is 0 Å². The van der Waals surface area contributed by atoms with Gasteiger partial charge >= 0.3 is 5.97 Å². The fraction of sp³-hybridized carbons (Fsp3) is 0.500. The molecule has 0 radical (unpaired) electrons. The summed E-state index contributed by atoms with van der Waals surface area (Å²) in [6, 6.07) is 8.37. The van der Waals surface area contributed by atoms with Gasteiger partial charge in [0.1, 0.15) is 6.10 Å². The van der Waals surface area contributed by atoms with Crippen LogP contribution in [0.1, 0.15) is 23.7 Å². The molecule has 120 valence electrons. The minimum Gasteiger partial charge on any atom is -0.456 e. The molecule has 0 bridgehead atoms. The summed E-state index contributed by atoms with van der Waals surface area (Å²) >= 11 is 0. The molecule has 0 aromatic heterocycles. The Balaban J connectivity index is 2.12. The van der Waals surface area contributed by atoms with E-state index in [0.29, 0.717) is 5.56 Å². The third-order valence-electron chi connectivity index (χ3n) is 3.36.